The lowest BCUT2D eigenvalue weighted by atomic mass is 10.2. The third-order valence-corrected chi connectivity index (χ3v) is 1.71. The van der Waals surface area contributed by atoms with Gasteiger partial charge in [-0.2, -0.15) is 0 Å². The van der Waals surface area contributed by atoms with Gasteiger partial charge in [0.1, 0.15) is 5.76 Å². The minimum absolute atomic E-state index is 0.890. The van der Waals surface area contributed by atoms with Crippen LogP contribution in [0.1, 0.15) is 12.8 Å². The Morgan fingerprint density at radius 1 is 1.55 bits per heavy atom. The molecule has 0 bridgehead atoms. The highest BCUT2D eigenvalue weighted by Gasteiger charge is 2.06. The van der Waals surface area contributed by atoms with E-state index in [2.05, 4.69) is 11.1 Å². The van der Waals surface area contributed by atoms with E-state index < -0.39 is 0 Å². The van der Waals surface area contributed by atoms with Crippen LogP contribution in [0.3, 0.4) is 0 Å². The molecule has 0 aromatic rings. The summed E-state index contributed by atoms with van der Waals surface area (Å²) in [6, 6.07) is 0. The second kappa shape index (κ2) is 3.96. The van der Waals surface area contributed by atoms with Crippen LogP contribution in [0.4, 0.5) is 0 Å². The zero-order valence-electron chi connectivity index (χ0n) is 7.00. The van der Waals surface area contributed by atoms with Crippen LogP contribution < -0.4 is 0 Å². The van der Waals surface area contributed by atoms with E-state index in [0.29, 0.717) is 0 Å². The largest absolute Gasteiger partial charge is 0.495 e. The Bertz CT molecular complexity index is 214. The lowest BCUT2D eigenvalue weighted by Crippen LogP contribution is -2.03. The number of ether oxygens (including phenoxy) is 1. The number of hydrogen-bond donors (Lipinski definition) is 0. The molecule has 0 saturated heterocycles. The van der Waals surface area contributed by atoms with Crippen molar-refractivity contribution in [3.63, 3.8) is 0 Å². The van der Waals surface area contributed by atoms with Crippen LogP contribution >= 0.6 is 0 Å². The Morgan fingerprint density at radius 2 is 2.36 bits per heavy atom. The van der Waals surface area contributed by atoms with Gasteiger partial charge in [0.2, 0.25) is 0 Å². The highest BCUT2D eigenvalue weighted by molar-refractivity contribution is 5.98. The van der Waals surface area contributed by atoms with Crippen LogP contribution in [-0.4, -0.2) is 19.9 Å². The summed E-state index contributed by atoms with van der Waals surface area (Å²) < 4.78 is 5.15. The molecule has 0 aliphatic heterocycles. The molecule has 0 spiro atoms. The molecule has 0 radical (unpaired) electrons. The Labute approximate surface area is 67.3 Å². The first-order chi connectivity index (χ1) is 5.38. The highest BCUT2D eigenvalue weighted by Crippen LogP contribution is 2.10. The molecular formula is C9H13NO. The molecule has 1 rings (SSSR count). The van der Waals surface area contributed by atoms with Gasteiger partial charge in [0, 0.05) is 7.05 Å². The fourth-order valence-electron chi connectivity index (χ4n) is 1.10. The normalized spacial score (nSPS) is 21.3. The van der Waals surface area contributed by atoms with E-state index in [4.69, 9.17) is 4.74 Å². The standard InChI is InChI=1S/C9H13NO/c1-10-8-6-4-3-5-7-9(8)11-2/h3,5,7H,4,6H2,1-2H3. The number of aliphatic imine (C=N–C) groups is 1. The Morgan fingerprint density at radius 3 is 3.00 bits per heavy atom. The Kier molecular flexibility index (Phi) is 2.90. The molecule has 60 valence electrons. The number of nitrogens with zero attached hydrogens (tertiary/aromatic N) is 1. The van der Waals surface area contributed by atoms with Crippen molar-refractivity contribution in [1.29, 1.82) is 0 Å². The van der Waals surface area contributed by atoms with Gasteiger partial charge in [-0.1, -0.05) is 12.2 Å². The van der Waals surface area contributed by atoms with Crippen LogP contribution in [0.25, 0.3) is 0 Å². The van der Waals surface area contributed by atoms with Gasteiger partial charge in [-0.15, -0.1) is 0 Å². The van der Waals surface area contributed by atoms with Crippen molar-refractivity contribution in [2.75, 3.05) is 14.2 Å². The van der Waals surface area contributed by atoms with E-state index in [0.717, 1.165) is 24.3 Å². The van der Waals surface area contributed by atoms with Crippen molar-refractivity contribution in [2.24, 2.45) is 4.99 Å². The lowest BCUT2D eigenvalue weighted by Gasteiger charge is -2.05. The second-order valence-electron chi connectivity index (χ2n) is 2.37. The molecule has 0 heterocycles. The van der Waals surface area contributed by atoms with E-state index in [9.17, 15) is 0 Å². The van der Waals surface area contributed by atoms with Gasteiger partial charge in [-0.3, -0.25) is 4.99 Å². The second-order valence-corrected chi connectivity index (χ2v) is 2.37. The maximum absolute atomic E-state index is 5.15. The zero-order chi connectivity index (χ0) is 8.10. The van der Waals surface area contributed by atoms with Gasteiger partial charge in [0.15, 0.2) is 0 Å². The summed E-state index contributed by atoms with van der Waals surface area (Å²) in [5, 5.41) is 0. The van der Waals surface area contributed by atoms with Gasteiger partial charge in [-0.25, -0.2) is 0 Å². The summed E-state index contributed by atoms with van der Waals surface area (Å²) in [6.45, 7) is 0. The van der Waals surface area contributed by atoms with Crippen LogP contribution in [0.5, 0.6) is 0 Å². The Balaban J connectivity index is 2.81. The van der Waals surface area contributed by atoms with Crippen molar-refractivity contribution in [2.45, 2.75) is 12.8 Å². The summed E-state index contributed by atoms with van der Waals surface area (Å²) in [5.41, 5.74) is 1.05. The zero-order valence-corrected chi connectivity index (χ0v) is 7.00. The maximum atomic E-state index is 5.15. The van der Waals surface area contributed by atoms with E-state index in [1.165, 1.54) is 0 Å². The lowest BCUT2D eigenvalue weighted by molar-refractivity contribution is 0.314. The maximum Gasteiger partial charge on any atom is 0.139 e. The summed E-state index contributed by atoms with van der Waals surface area (Å²) in [6.07, 6.45) is 8.12. The molecule has 0 atom stereocenters. The molecule has 2 nitrogen and oxygen atoms in total. The van der Waals surface area contributed by atoms with Gasteiger partial charge >= 0.3 is 0 Å². The first kappa shape index (κ1) is 8.05. The first-order valence-corrected chi connectivity index (χ1v) is 3.75. The molecule has 0 saturated carbocycles. The molecule has 2 heteroatoms. The number of hydrogen-bond acceptors (Lipinski definition) is 2. The van der Waals surface area contributed by atoms with Crippen molar-refractivity contribution in [3.05, 3.63) is 24.0 Å². The van der Waals surface area contributed by atoms with Crippen LogP contribution in [0.15, 0.2) is 29.0 Å². The molecule has 1 aliphatic rings. The fourth-order valence-corrected chi connectivity index (χ4v) is 1.10. The Hall–Kier alpha value is -1.05. The molecule has 0 fully saturated rings. The van der Waals surface area contributed by atoms with Gasteiger partial charge in [-0.05, 0) is 18.9 Å². The minimum Gasteiger partial charge on any atom is -0.495 e. The molecule has 0 aromatic heterocycles. The smallest absolute Gasteiger partial charge is 0.139 e. The molecule has 1 aliphatic carbocycles. The number of methoxy groups -OCH3 is 1. The third kappa shape index (κ3) is 1.93. The van der Waals surface area contributed by atoms with E-state index in [1.807, 2.05) is 12.2 Å². The average molecular weight is 151 g/mol. The van der Waals surface area contributed by atoms with Gasteiger partial charge in [0.05, 0.1) is 12.8 Å². The predicted molar refractivity (Wildman–Crippen MR) is 46.8 cm³/mol. The van der Waals surface area contributed by atoms with E-state index in [-0.39, 0.29) is 0 Å². The molecule has 0 aromatic carbocycles. The van der Waals surface area contributed by atoms with Crippen molar-refractivity contribution < 1.29 is 4.74 Å². The molecule has 11 heavy (non-hydrogen) atoms. The topological polar surface area (TPSA) is 21.6 Å². The molecule has 0 unspecified atom stereocenters. The molecule has 0 amide bonds. The van der Waals surface area contributed by atoms with E-state index in [1.54, 1.807) is 14.2 Å². The summed E-state index contributed by atoms with van der Waals surface area (Å²) in [5.74, 6) is 0.890. The summed E-state index contributed by atoms with van der Waals surface area (Å²) in [4.78, 5) is 4.14. The summed E-state index contributed by atoms with van der Waals surface area (Å²) >= 11 is 0. The molecular weight excluding hydrogens is 138 g/mol. The number of rotatable bonds is 1. The third-order valence-electron chi connectivity index (χ3n) is 1.71. The van der Waals surface area contributed by atoms with Gasteiger partial charge in [0.25, 0.3) is 0 Å². The fraction of sp³-hybridized carbons (Fsp3) is 0.444. The van der Waals surface area contributed by atoms with Crippen LogP contribution in [0.2, 0.25) is 0 Å². The first-order valence-electron chi connectivity index (χ1n) is 3.75. The van der Waals surface area contributed by atoms with Gasteiger partial charge < -0.3 is 4.74 Å². The van der Waals surface area contributed by atoms with Crippen molar-refractivity contribution in [3.8, 4) is 0 Å². The SMILES string of the molecule is CN=C1CCC=CC=C1OC. The van der Waals surface area contributed by atoms with Crippen LogP contribution in [0, 0.1) is 0 Å². The van der Waals surface area contributed by atoms with Crippen molar-refractivity contribution >= 4 is 5.71 Å². The van der Waals surface area contributed by atoms with E-state index >= 15 is 0 Å². The minimum atomic E-state index is 0.890. The van der Waals surface area contributed by atoms with Crippen molar-refractivity contribution in [1.82, 2.24) is 0 Å². The highest BCUT2D eigenvalue weighted by atomic mass is 16.5. The molecule has 0 N–H and O–H groups in total. The quantitative estimate of drug-likeness (QED) is 0.561. The van der Waals surface area contributed by atoms with Crippen LogP contribution in [-0.2, 0) is 4.74 Å². The predicted octanol–water partition coefficient (Wildman–Crippen LogP) is 1.94. The average Bonchev–Trinajstić information content (AvgIpc) is 2.27. The number of allylic oxidation sites excluding steroid dienone is 4. The monoisotopic (exact) mass is 151 g/mol. The summed E-state index contributed by atoms with van der Waals surface area (Å²) in [7, 11) is 3.48.